The van der Waals surface area contributed by atoms with Crippen LogP contribution in [0, 0.1) is 6.92 Å². The van der Waals surface area contributed by atoms with Gasteiger partial charge in [-0.3, -0.25) is 4.79 Å². The van der Waals surface area contributed by atoms with Crippen molar-refractivity contribution in [3.8, 4) is 5.75 Å². The zero-order chi connectivity index (χ0) is 15.4. The first-order chi connectivity index (χ1) is 10.0. The Morgan fingerprint density at radius 1 is 1.19 bits per heavy atom. The molecule has 0 heterocycles. The van der Waals surface area contributed by atoms with E-state index in [0.29, 0.717) is 23.5 Å². The molecule has 0 bridgehead atoms. The van der Waals surface area contributed by atoms with E-state index in [0.717, 1.165) is 5.56 Å². The fourth-order valence-corrected chi connectivity index (χ4v) is 2.15. The molecular weight excluding hydrogens is 264 g/mol. The molecule has 0 aromatic heterocycles. The highest BCUT2D eigenvalue weighted by molar-refractivity contribution is 6.00. The van der Waals surface area contributed by atoms with Crippen LogP contribution in [0.25, 0.3) is 0 Å². The van der Waals surface area contributed by atoms with E-state index in [1.807, 2.05) is 31.2 Å². The first-order valence-corrected chi connectivity index (χ1v) is 6.76. The summed E-state index contributed by atoms with van der Waals surface area (Å²) >= 11 is 0. The molecule has 0 saturated carbocycles. The van der Waals surface area contributed by atoms with Gasteiger partial charge in [-0.15, -0.1) is 0 Å². The third-order valence-corrected chi connectivity index (χ3v) is 3.40. The predicted molar refractivity (Wildman–Crippen MR) is 84.4 cm³/mol. The average molecular weight is 284 g/mol. The number of hydrogen-bond acceptors (Lipinski definition) is 3. The Hall–Kier alpha value is -2.49. The number of amides is 1. The minimum Gasteiger partial charge on any atom is -0.495 e. The van der Waals surface area contributed by atoms with Gasteiger partial charge >= 0.3 is 0 Å². The van der Waals surface area contributed by atoms with E-state index >= 15 is 0 Å². The highest BCUT2D eigenvalue weighted by Gasteiger charge is 2.17. The van der Waals surface area contributed by atoms with Crippen LogP contribution in [0.2, 0.25) is 0 Å². The molecule has 21 heavy (non-hydrogen) atoms. The smallest absolute Gasteiger partial charge is 0.256 e. The number of para-hydroxylation sites is 1. The molecule has 0 atom stereocenters. The Labute approximate surface area is 125 Å². The molecule has 0 fully saturated rings. The summed E-state index contributed by atoms with van der Waals surface area (Å²) in [5.41, 5.74) is 9.09. The second-order valence-electron chi connectivity index (χ2n) is 5.07. The van der Waals surface area contributed by atoms with Crippen molar-refractivity contribution in [1.29, 1.82) is 0 Å². The number of nitrogens with zero attached hydrogens (tertiary/aromatic N) is 1. The summed E-state index contributed by atoms with van der Waals surface area (Å²) in [5, 5.41) is 0. The molecule has 0 saturated heterocycles. The Bertz CT molecular complexity index is 636. The molecule has 0 radical (unpaired) electrons. The normalized spacial score (nSPS) is 10.2. The summed E-state index contributed by atoms with van der Waals surface area (Å²) in [6.45, 7) is 2.57. The lowest BCUT2D eigenvalue weighted by Gasteiger charge is -2.19. The van der Waals surface area contributed by atoms with Crippen LogP contribution in [0.3, 0.4) is 0 Å². The molecule has 2 aromatic rings. The van der Waals surface area contributed by atoms with Gasteiger partial charge in [0.05, 0.1) is 18.4 Å². The van der Waals surface area contributed by atoms with Crippen molar-refractivity contribution in [1.82, 2.24) is 4.90 Å². The summed E-state index contributed by atoms with van der Waals surface area (Å²) < 4.78 is 5.15. The number of aryl methyl sites for hydroxylation is 1. The maximum absolute atomic E-state index is 12.5. The Morgan fingerprint density at radius 3 is 2.48 bits per heavy atom. The number of nitrogen functional groups attached to an aromatic ring is 1. The molecule has 1 amide bonds. The van der Waals surface area contributed by atoms with E-state index in [9.17, 15) is 4.79 Å². The Morgan fingerprint density at radius 2 is 1.86 bits per heavy atom. The summed E-state index contributed by atoms with van der Waals surface area (Å²) in [6.07, 6.45) is 0. The largest absolute Gasteiger partial charge is 0.495 e. The number of carbonyl (C=O) groups excluding carboxylic acids is 1. The quantitative estimate of drug-likeness (QED) is 0.878. The number of carbonyl (C=O) groups is 1. The number of nitrogens with two attached hydrogens (primary N) is 1. The molecular formula is C17H20N2O2. The monoisotopic (exact) mass is 284 g/mol. The van der Waals surface area contributed by atoms with Crippen LogP contribution in [0.4, 0.5) is 5.69 Å². The van der Waals surface area contributed by atoms with Crippen LogP contribution in [0.15, 0.2) is 42.5 Å². The molecule has 0 spiro atoms. The number of ether oxygens (including phenoxy) is 1. The number of hydrogen-bond donors (Lipinski definition) is 1. The first kappa shape index (κ1) is 14.9. The van der Waals surface area contributed by atoms with E-state index in [1.165, 1.54) is 12.7 Å². The maximum atomic E-state index is 12.5. The molecule has 0 unspecified atom stereocenters. The zero-order valence-corrected chi connectivity index (χ0v) is 12.6. The van der Waals surface area contributed by atoms with Gasteiger partial charge in [0.15, 0.2) is 0 Å². The van der Waals surface area contributed by atoms with Gasteiger partial charge in [0.2, 0.25) is 0 Å². The van der Waals surface area contributed by atoms with Gasteiger partial charge in [-0.2, -0.15) is 0 Å². The third-order valence-electron chi connectivity index (χ3n) is 3.40. The topological polar surface area (TPSA) is 55.6 Å². The lowest BCUT2D eigenvalue weighted by Crippen LogP contribution is -2.27. The maximum Gasteiger partial charge on any atom is 0.256 e. The van der Waals surface area contributed by atoms with Gasteiger partial charge < -0.3 is 15.4 Å². The van der Waals surface area contributed by atoms with E-state index in [-0.39, 0.29) is 5.91 Å². The van der Waals surface area contributed by atoms with Gasteiger partial charge in [-0.05, 0) is 24.6 Å². The highest BCUT2D eigenvalue weighted by atomic mass is 16.5. The second kappa shape index (κ2) is 6.31. The van der Waals surface area contributed by atoms with Crippen molar-refractivity contribution in [2.75, 3.05) is 19.9 Å². The van der Waals surface area contributed by atoms with Gasteiger partial charge in [0.1, 0.15) is 5.75 Å². The van der Waals surface area contributed by atoms with Crippen LogP contribution < -0.4 is 10.5 Å². The van der Waals surface area contributed by atoms with E-state index < -0.39 is 0 Å². The molecule has 0 aliphatic carbocycles. The van der Waals surface area contributed by atoms with E-state index in [2.05, 4.69) is 0 Å². The molecule has 4 nitrogen and oxygen atoms in total. The fourth-order valence-electron chi connectivity index (χ4n) is 2.15. The van der Waals surface area contributed by atoms with E-state index in [4.69, 9.17) is 10.5 Å². The summed E-state index contributed by atoms with van der Waals surface area (Å²) in [6, 6.07) is 13.3. The first-order valence-electron chi connectivity index (χ1n) is 6.76. The minimum absolute atomic E-state index is 0.119. The Balaban J connectivity index is 2.17. The van der Waals surface area contributed by atoms with Crippen molar-refractivity contribution >= 4 is 11.6 Å². The van der Waals surface area contributed by atoms with Crippen LogP contribution in [-0.2, 0) is 6.54 Å². The molecule has 2 N–H and O–H groups in total. The SMILES string of the molecule is COc1cccc(C(=O)N(C)Cc2ccc(C)cc2)c1N. The standard InChI is InChI=1S/C17H20N2O2/c1-12-7-9-13(10-8-12)11-19(2)17(20)14-5-4-6-15(21-3)16(14)18/h4-10H,11,18H2,1-3H3. The van der Waals surface area contributed by atoms with Crippen molar-refractivity contribution in [3.63, 3.8) is 0 Å². The lowest BCUT2D eigenvalue weighted by atomic mass is 10.1. The molecule has 0 aliphatic rings. The van der Waals surface area contributed by atoms with Gasteiger partial charge in [0, 0.05) is 13.6 Å². The number of benzene rings is 2. The van der Waals surface area contributed by atoms with Crippen molar-refractivity contribution in [2.45, 2.75) is 13.5 Å². The highest BCUT2D eigenvalue weighted by Crippen LogP contribution is 2.25. The van der Waals surface area contributed by atoms with Gasteiger partial charge in [-0.25, -0.2) is 0 Å². The second-order valence-corrected chi connectivity index (χ2v) is 5.07. The van der Waals surface area contributed by atoms with Crippen LogP contribution in [0.1, 0.15) is 21.5 Å². The summed E-state index contributed by atoms with van der Waals surface area (Å²) in [7, 11) is 3.30. The van der Waals surface area contributed by atoms with Crippen LogP contribution in [0.5, 0.6) is 5.75 Å². The lowest BCUT2D eigenvalue weighted by molar-refractivity contribution is 0.0786. The molecule has 110 valence electrons. The van der Waals surface area contributed by atoms with Crippen molar-refractivity contribution < 1.29 is 9.53 Å². The third kappa shape index (κ3) is 3.34. The van der Waals surface area contributed by atoms with Crippen LogP contribution >= 0.6 is 0 Å². The average Bonchev–Trinajstić information content (AvgIpc) is 2.49. The van der Waals surface area contributed by atoms with Crippen molar-refractivity contribution in [2.24, 2.45) is 0 Å². The number of anilines is 1. The number of rotatable bonds is 4. The molecule has 2 rings (SSSR count). The Kier molecular flexibility index (Phi) is 4.48. The summed E-state index contributed by atoms with van der Waals surface area (Å²) in [4.78, 5) is 14.1. The minimum atomic E-state index is -0.119. The molecule has 4 heteroatoms. The zero-order valence-electron chi connectivity index (χ0n) is 12.6. The summed E-state index contributed by atoms with van der Waals surface area (Å²) in [5.74, 6) is 0.400. The van der Waals surface area contributed by atoms with Gasteiger partial charge in [-0.1, -0.05) is 35.9 Å². The van der Waals surface area contributed by atoms with E-state index in [1.54, 1.807) is 30.1 Å². The number of methoxy groups -OCH3 is 1. The molecule has 0 aliphatic heterocycles. The fraction of sp³-hybridized carbons (Fsp3) is 0.235. The molecule has 2 aromatic carbocycles. The predicted octanol–water partition coefficient (Wildman–Crippen LogP) is 2.86. The van der Waals surface area contributed by atoms with Crippen LogP contribution in [-0.4, -0.2) is 25.0 Å². The van der Waals surface area contributed by atoms with Gasteiger partial charge in [0.25, 0.3) is 5.91 Å². The van der Waals surface area contributed by atoms with Crippen molar-refractivity contribution in [3.05, 3.63) is 59.2 Å².